The van der Waals surface area contributed by atoms with Crippen LogP contribution >= 0.6 is 0 Å². The smallest absolute Gasteiger partial charge is 0.262 e. The molecular weight excluding hydrogens is 375 g/mol. The third-order valence-electron chi connectivity index (χ3n) is 5.80. The molecule has 1 saturated heterocycles. The Morgan fingerprint density at radius 3 is 2.55 bits per heavy atom. The number of nitrogens with one attached hydrogen (secondary N) is 1. The second kappa shape index (κ2) is 6.88. The maximum absolute atomic E-state index is 13.9. The van der Waals surface area contributed by atoms with Crippen molar-refractivity contribution in [1.82, 2.24) is 14.9 Å². The van der Waals surface area contributed by atoms with Gasteiger partial charge in [0.05, 0.1) is 12.2 Å². The van der Waals surface area contributed by atoms with Gasteiger partial charge < -0.3 is 4.98 Å². The van der Waals surface area contributed by atoms with Crippen molar-refractivity contribution in [3.8, 4) is 22.4 Å². The summed E-state index contributed by atoms with van der Waals surface area (Å²) in [6.07, 6.45) is 7.97. The first-order valence-electron chi connectivity index (χ1n) is 9.71. The molecule has 1 N–H and O–H groups in total. The Morgan fingerprint density at radius 1 is 1.03 bits per heavy atom. The number of aromatic nitrogens is 2. The van der Waals surface area contributed by atoms with Gasteiger partial charge in [0.2, 0.25) is 0 Å². The van der Waals surface area contributed by atoms with Crippen LogP contribution in [0.5, 0.6) is 0 Å². The summed E-state index contributed by atoms with van der Waals surface area (Å²) < 4.78 is 41.1. The molecule has 4 heterocycles. The summed E-state index contributed by atoms with van der Waals surface area (Å²) in [7, 11) is 0. The van der Waals surface area contributed by atoms with Crippen LogP contribution < -0.4 is 0 Å². The van der Waals surface area contributed by atoms with E-state index in [2.05, 4.69) is 9.97 Å². The number of H-pyrrole nitrogens is 1. The second-order valence-corrected chi connectivity index (χ2v) is 7.73. The van der Waals surface area contributed by atoms with E-state index in [9.17, 15) is 13.2 Å². The van der Waals surface area contributed by atoms with Crippen molar-refractivity contribution in [2.24, 2.45) is 0 Å². The molecule has 2 aliphatic heterocycles. The van der Waals surface area contributed by atoms with E-state index in [-0.39, 0.29) is 24.8 Å². The molecule has 1 aromatic carbocycles. The van der Waals surface area contributed by atoms with E-state index in [0.29, 0.717) is 13.0 Å². The summed E-state index contributed by atoms with van der Waals surface area (Å²) in [5, 5.41) is 0. The summed E-state index contributed by atoms with van der Waals surface area (Å²) in [5.41, 5.74) is 5.80. The zero-order valence-corrected chi connectivity index (χ0v) is 15.7. The maximum atomic E-state index is 13.9. The Balaban J connectivity index is 1.62. The molecule has 2 aliphatic rings. The lowest BCUT2D eigenvalue weighted by atomic mass is 9.90. The molecule has 6 heteroatoms. The van der Waals surface area contributed by atoms with Crippen LogP contribution in [-0.2, 0) is 0 Å². The molecule has 5 rings (SSSR count). The van der Waals surface area contributed by atoms with Crippen LogP contribution in [0, 0.1) is 5.82 Å². The number of aromatic amines is 1. The Morgan fingerprint density at radius 2 is 1.79 bits per heavy atom. The molecule has 29 heavy (non-hydrogen) atoms. The standard InChI is InChI=1S/C23H20F3N3/c24-18-3-1-16(2-4-18)22-21(15-5-8-27-9-6-15)20(13-28-22)17-7-10-29-14-23(25,26)12-19(29)11-17/h1-6,8-9,11,13,19,28H,7,10,12,14H2/t19-/m1/s1. The van der Waals surface area contributed by atoms with Gasteiger partial charge in [-0.25, -0.2) is 13.2 Å². The van der Waals surface area contributed by atoms with E-state index < -0.39 is 5.92 Å². The Bertz CT molecular complexity index is 1050. The van der Waals surface area contributed by atoms with Gasteiger partial charge in [-0.05, 0) is 59.5 Å². The van der Waals surface area contributed by atoms with E-state index in [1.165, 1.54) is 12.1 Å². The highest BCUT2D eigenvalue weighted by atomic mass is 19.3. The number of rotatable bonds is 3. The van der Waals surface area contributed by atoms with Crippen molar-refractivity contribution in [2.75, 3.05) is 13.1 Å². The van der Waals surface area contributed by atoms with Crippen molar-refractivity contribution in [3.63, 3.8) is 0 Å². The highest BCUT2D eigenvalue weighted by Crippen LogP contribution is 2.42. The minimum atomic E-state index is -2.62. The molecular formula is C23H20F3N3. The molecule has 148 valence electrons. The van der Waals surface area contributed by atoms with Gasteiger partial charge in [-0.15, -0.1) is 0 Å². The number of hydrogen-bond acceptors (Lipinski definition) is 2. The summed E-state index contributed by atoms with van der Waals surface area (Å²) in [5.74, 6) is -2.91. The van der Waals surface area contributed by atoms with Crippen molar-refractivity contribution in [2.45, 2.75) is 24.8 Å². The number of pyridine rings is 1. The van der Waals surface area contributed by atoms with Gasteiger partial charge in [0.1, 0.15) is 5.82 Å². The zero-order chi connectivity index (χ0) is 20.0. The summed E-state index contributed by atoms with van der Waals surface area (Å²) >= 11 is 0. The first-order chi connectivity index (χ1) is 14.0. The van der Waals surface area contributed by atoms with Crippen molar-refractivity contribution >= 4 is 5.57 Å². The average molecular weight is 395 g/mol. The Labute approximate surface area is 166 Å². The molecule has 0 bridgehead atoms. The third kappa shape index (κ3) is 3.38. The fourth-order valence-corrected chi connectivity index (χ4v) is 4.47. The minimum Gasteiger partial charge on any atom is -0.360 e. The highest BCUT2D eigenvalue weighted by molar-refractivity contribution is 5.91. The zero-order valence-electron chi connectivity index (χ0n) is 15.7. The number of halogens is 3. The normalized spacial score (nSPS) is 21.1. The summed E-state index contributed by atoms with van der Waals surface area (Å²) in [6, 6.07) is 9.98. The van der Waals surface area contributed by atoms with Crippen LogP contribution in [0.15, 0.2) is 61.1 Å². The fourth-order valence-electron chi connectivity index (χ4n) is 4.47. The van der Waals surface area contributed by atoms with Crippen molar-refractivity contribution in [3.05, 3.63) is 72.4 Å². The molecule has 0 spiro atoms. The molecule has 2 aromatic heterocycles. The maximum Gasteiger partial charge on any atom is 0.262 e. The number of benzene rings is 1. The molecule has 3 nitrogen and oxygen atoms in total. The molecule has 1 fully saturated rings. The van der Waals surface area contributed by atoms with Gasteiger partial charge in [-0.2, -0.15) is 0 Å². The number of nitrogens with zero attached hydrogens (tertiary/aromatic N) is 2. The molecule has 0 unspecified atom stereocenters. The van der Waals surface area contributed by atoms with Gasteiger partial charge in [-0.3, -0.25) is 9.88 Å². The van der Waals surface area contributed by atoms with Crippen LogP contribution in [0.3, 0.4) is 0 Å². The predicted octanol–water partition coefficient (Wildman–Crippen LogP) is 5.38. The summed E-state index contributed by atoms with van der Waals surface area (Å²) in [6.45, 7) is 0.464. The van der Waals surface area contributed by atoms with Crippen LogP contribution in [0.2, 0.25) is 0 Å². The molecule has 1 atom stereocenters. The van der Waals surface area contributed by atoms with E-state index >= 15 is 0 Å². The van der Waals surface area contributed by atoms with Crippen molar-refractivity contribution in [1.29, 1.82) is 0 Å². The van der Waals surface area contributed by atoms with Crippen LogP contribution in [0.1, 0.15) is 18.4 Å². The lowest BCUT2D eigenvalue weighted by Crippen LogP contribution is -2.33. The third-order valence-corrected chi connectivity index (χ3v) is 5.80. The number of alkyl halides is 2. The SMILES string of the molecule is Fc1ccc(-c2[nH]cc(C3=C[C@@H]4CC(F)(F)CN4CC3)c2-c2ccncc2)cc1. The first kappa shape index (κ1) is 18.2. The van der Waals surface area contributed by atoms with E-state index in [0.717, 1.165) is 33.5 Å². The van der Waals surface area contributed by atoms with Crippen LogP contribution in [-0.4, -0.2) is 39.9 Å². The minimum absolute atomic E-state index is 0.129. The molecule has 0 aliphatic carbocycles. The van der Waals surface area contributed by atoms with E-state index in [4.69, 9.17) is 0 Å². The van der Waals surface area contributed by atoms with Gasteiger partial charge >= 0.3 is 0 Å². The Kier molecular flexibility index (Phi) is 4.32. The van der Waals surface area contributed by atoms with Gasteiger partial charge in [-0.1, -0.05) is 6.08 Å². The molecule has 0 radical (unpaired) electrons. The molecule has 0 saturated carbocycles. The van der Waals surface area contributed by atoms with Gasteiger partial charge in [0.15, 0.2) is 0 Å². The molecule has 3 aromatic rings. The largest absolute Gasteiger partial charge is 0.360 e. The van der Waals surface area contributed by atoms with E-state index in [1.54, 1.807) is 24.5 Å². The van der Waals surface area contributed by atoms with E-state index in [1.807, 2.05) is 29.3 Å². The topological polar surface area (TPSA) is 31.9 Å². The van der Waals surface area contributed by atoms with Crippen LogP contribution in [0.4, 0.5) is 13.2 Å². The van der Waals surface area contributed by atoms with Crippen LogP contribution in [0.25, 0.3) is 28.0 Å². The lowest BCUT2D eigenvalue weighted by Gasteiger charge is -2.28. The average Bonchev–Trinajstić information content (AvgIpc) is 3.28. The predicted molar refractivity (Wildman–Crippen MR) is 107 cm³/mol. The molecule has 0 amide bonds. The quantitative estimate of drug-likeness (QED) is 0.646. The second-order valence-electron chi connectivity index (χ2n) is 7.73. The number of hydrogen-bond donors (Lipinski definition) is 1. The van der Waals surface area contributed by atoms with Crippen molar-refractivity contribution < 1.29 is 13.2 Å². The Hall–Kier alpha value is -2.86. The first-order valence-corrected chi connectivity index (χ1v) is 9.71. The van der Waals surface area contributed by atoms with Gasteiger partial charge in [0, 0.05) is 48.7 Å². The number of fused-ring (bicyclic) bond motifs is 1. The monoisotopic (exact) mass is 395 g/mol. The highest BCUT2D eigenvalue weighted by Gasteiger charge is 2.45. The van der Waals surface area contributed by atoms with Gasteiger partial charge in [0.25, 0.3) is 5.92 Å². The fraction of sp³-hybridized carbons (Fsp3) is 0.261. The lowest BCUT2D eigenvalue weighted by molar-refractivity contribution is 0.0124. The summed E-state index contributed by atoms with van der Waals surface area (Å²) in [4.78, 5) is 9.31.